The Labute approximate surface area is 107 Å². The Kier molecular flexibility index (Phi) is 3.94. The Morgan fingerprint density at radius 1 is 0.941 bits per heavy atom. The molecule has 1 unspecified atom stereocenters. The van der Waals surface area contributed by atoms with Crippen LogP contribution in [0.4, 0.5) is 5.69 Å². The van der Waals surface area contributed by atoms with Crippen LogP contribution >= 0.6 is 12.2 Å². The molecule has 0 N–H and O–H groups in total. The molecular formula is C13H9NOS2. The topological polar surface area (TPSA) is 29.4 Å². The fourth-order valence-electron chi connectivity index (χ4n) is 1.38. The number of aliphatic imine (C=N–C) groups is 1. The average Bonchev–Trinajstić information content (AvgIpc) is 2.40. The Bertz CT molecular complexity index is 572. The Balaban J connectivity index is 2.29. The van der Waals surface area contributed by atoms with Gasteiger partial charge in [-0.1, -0.05) is 18.2 Å². The van der Waals surface area contributed by atoms with Gasteiger partial charge in [0.05, 0.1) is 21.6 Å². The van der Waals surface area contributed by atoms with Crippen LogP contribution in [0.15, 0.2) is 69.4 Å². The first-order valence-electron chi connectivity index (χ1n) is 4.96. The standard InChI is InChI=1S/C13H9NOS2/c15-17(12-4-2-1-3-5-12)13-8-6-11(7-9-13)14-10-16/h1-9H. The van der Waals surface area contributed by atoms with E-state index in [-0.39, 0.29) is 0 Å². The smallest absolute Gasteiger partial charge is 0.0849 e. The van der Waals surface area contributed by atoms with Gasteiger partial charge in [-0.15, -0.1) is 0 Å². The third-order valence-corrected chi connectivity index (χ3v) is 3.67. The normalized spacial score (nSPS) is 11.5. The van der Waals surface area contributed by atoms with Gasteiger partial charge in [-0.3, -0.25) is 0 Å². The van der Waals surface area contributed by atoms with E-state index in [4.69, 9.17) is 0 Å². The van der Waals surface area contributed by atoms with Crippen LogP contribution in [-0.2, 0) is 10.8 Å². The second-order valence-corrected chi connectivity index (χ2v) is 4.94. The fourth-order valence-corrected chi connectivity index (χ4v) is 2.54. The number of thiocarbonyl (C=S) groups is 1. The minimum Gasteiger partial charge on any atom is -0.249 e. The van der Waals surface area contributed by atoms with Crippen LogP contribution in [0.3, 0.4) is 0 Å². The number of isothiocyanates is 1. The Morgan fingerprint density at radius 3 is 2.12 bits per heavy atom. The predicted octanol–water partition coefficient (Wildman–Crippen LogP) is 3.59. The van der Waals surface area contributed by atoms with E-state index < -0.39 is 10.8 Å². The summed E-state index contributed by atoms with van der Waals surface area (Å²) in [5, 5.41) is 2.30. The molecule has 0 aliphatic carbocycles. The predicted molar refractivity (Wildman–Crippen MR) is 72.2 cm³/mol. The highest BCUT2D eigenvalue weighted by atomic mass is 32.2. The Hall–Kier alpha value is -1.61. The monoisotopic (exact) mass is 259 g/mol. The highest BCUT2D eigenvalue weighted by Crippen LogP contribution is 2.19. The van der Waals surface area contributed by atoms with Gasteiger partial charge < -0.3 is 0 Å². The molecule has 2 aromatic carbocycles. The molecule has 0 aliphatic heterocycles. The summed E-state index contributed by atoms with van der Waals surface area (Å²) in [6.45, 7) is 0. The molecule has 0 saturated carbocycles. The minimum atomic E-state index is -1.15. The third-order valence-electron chi connectivity index (χ3n) is 2.18. The van der Waals surface area contributed by atoms with Crippen molar-refractivity contribution in [3.63, 3.8) is 0 Å². The van der Waals surface area contributed by atoms with Crippen LogP contribution in [0.5, 0.6) is 0 Å². The zero-order valence-corrected chi connectivity index (χ0v) is 10.5. The second-order valence-electron chi connectivity index (χ2n) is 3.28. The number of nitrogens with zero attached hydrogens (tertiary/aromatic N) is 1. The number of benzene rings is 2. The molecule has 2 rings (SSSR count). The maximum atomic E-state index is 12.2. The van der Waals surface area contributed by atoms with Crippen LogP contribution in [0.2, 0.25) is 0 Å². The molecule has 2 nitrogen and oxygen atoms in total. The molecule has 4 heteroatoms. The molecule has 1 atom stereocenters. The highest BCUT2D eigenvalue weighted by molar-refractivity contribution is 7.85. The van der Waals surface area contributed by atoms with Gasteiger partial charge in [0, 0.05) is 9.79 Å². The summed E-state index contributed by atoms with van der Waals surface area (Å²) < 4.78 is 12.2. The van der Waals surface area contributed by atoms with E-state index in [0.29, 0.717) is 5.69 Å². The molecule has 0 fully saturated rings. The van der Waals surface area contributed by atoms with Crippen molar-refractivity contribution >= 4 is 33.9 Å². The summed E-state index contributed by atoms with van der Waals surface area (Å²) in [6.07, 6.45) is 0. The largest absolute Gasteiger partial charge is 0.249 e. The first-order chi connectivity index (χ1) is 8.31. The number of hydrogen-bond acceptors (Lipinski definition) is 3. The van der Waals surface area contributed by atoms with Crippen LogP contribution in [0.1, 0.15) is 0 Å². The SMILES string of the molecule is O=S(c1ccccc1)c1ccc(N=C=S)cc1. The lowest BCUT2D eigenvalue weighted by atomic mass is 10.3. The van der Waals surface area contributed by atoms with Crippen LogP contribution in [-0.4, -0.2) is 9.37 Å². The van der Waals surface area contributed by atoms with Gasteiger partial charge in [0.25, 0.3) is 0 Å². The van der Waals surface area contributed by atoms with Gasteiger partial charge >= 0.3 is 0 Å². The van der Waals surface area contributed by atoms with E-state index in [1.54, 1.807) is 24.3 Å². The summed E-state index contributed by atoms with van der Waals surface area (Å²) >= 11 is 4.52. The summed E-state index contributed by atoms with van der Waals surface area (Å²) in [5.41, 5.74) is 0.716. The first kappa shape index (κ1) is 11.9. The molecule has 0 heterocycles. The lowest BCUT2D eigenvalue weighted by molar-refractivity contribution is 0.683. The van der Waals surface area contributed by atoms with E-state index in [2.05, 4.69) is 22.4 Å². The molecule has 0 aromatic heterocycles. The summed E-state index contributed by atoms with van der Waals surface area (Å²) in [6, 6.07) is 16.5. The minimum absolute atomic E-state index is 0.716. The molecule has 0 bridgehead atoms. The average molecular weight is 259 g/mol. The van der Waals surface area contributed by atoms with Crippen LogP contribution in [0.25, 0.3) is 0 Å². The van der Waals surface area contributed by atoms with Crippen molar-refractivity contribution < 1.29 is 4.21 Å². The zero-order valence-electron chi connectivity index (χ0n) is 8.87. The molecule has 0 spiro atoms. The second kappa shape index (κ2) is 5.64. The van der Waals surface area contributed by atoms with Crippen molar-refractivity contribution in [2.24, 2.45) is 4.99 Å². The van der Waals surface area contributed by atoms with E-state index in [1.807, 2.05) is 30.3 Å². The van der Waals surface area contributed by atoms with Crippen LogP contribution in [0, 0.1) is 0 Å². The third kappa shape index (κ3) is 2.94. The Morgan fingerprint density at radius 2 is 1.53 bits per heavy atom. The molecule has 17 heavy (non-hydrogen) atoms. The summed E-state index contributed by atoms with van der Waals surface area (Å²) in [4.78, 5) is 5.39. The highest BCUT2D eigenvalue weighted by Gasteiger charge is 2.05. The van der Waals surface area contributed by atoms with E-state index in [0.717, 1.165) is 9.79 Å². The van der Waals surface area contributed by atoms with Gasteiger partial charge in [-0.2, -0.15) is 4.99 Å². The molecule has 2 aromatic rings. The maximum absolute atomic E-state index is 12.2. The lowest BCUT2D eigenvalue weighted by Gasteiger charge is -2.01. The number of rotatable bonds is 3. The summed E-state index contributed by atoms with van der Waals surface area (Å²) in [5.74, 6) is 0. The summed E-state index contributed by atoms with van der Waals surface area (Å²) in [7, 11) is -1.15. The van der Waals surface area contributed by atoms with Crippen molar-refractivity contribution in [2.45, 2.75) is 9.79 Å². The van der Waals surface area contributed by atoms with Gasteiger partial charge in [-0.25, -0.2) is 4.21 Å². The fraction of sp³-hybridized carbons (Fsp3) is 0. The van der Waals surface area contributed by atoms with Crippen molar-refractivity contribution in [1.29, 1.82) is 0 Å². The first-order valence-corrected chi connectivity index (χ1v) is 6.52. The molecule has 0 aliphatic rings. The van der Waals surface area contributed by atoms with Crippen molar-refractivity contribution in [3.05, 3.63) is 54.6 Å². The van der Waals surface area contributed by atoms with E-state index in [9.17, 15) is 4.21 Å². The van der Waals surface area contributed by atoms with Gasteiger partial charge in [0.2, 0.25) is 0 Å². The molecule has 0 radical (unpaired) electrons. The van der Waals surface area contributed by atoms with Gasteiger partial charge in [0.15, 0.2) is 0 Å². The van der Waals surface area contributed by atoms with Crippen molar-refractivity contribution in [3.8, 4) is 0 Å². The lowest BCUT2D eigenvalue weighted by Crippen LogP contribution is -1.91. The molecule has 0 saturated heterocycles. The van der Waals surface area contributed by atoms with Crippen molar-refractivity contribution in [1.82, 2.24) is 0 Å². The van der Waals surface area contributed by atoms with Crippen molar-refractivity contribution in [2.75, 3.05) is 0 Å². The zero-order chi connectivity index (χ0) is 12.1. The molecule has 0 amide bonds. The van der Waals surface area contributed by atoms with Gasteiger partial charge in [0.1, 0.15) is 0 Å². The molecule has 84 valence electrons. The maximum Gasteiger partial charge on any atom is 0.0849 e. The number of hydrogen-bond donors (Lipinski definition) is 0. The van der Waals surface area contributed by atoms with Crippen LogP contribution < -0.4 is 0 Å². The van der Waals surface area contributed by atoms with Gasteiger partial charge in [-0.05, 0) is 48.6 Å². The van der Waals surface area contributed by atoms with E-state index in [1.165, 1.54) is 0 Å². The van der Waals surface area contributed by atoms with E-state index >= 15 is 0 Å². The molecular weight excluding hydrogens is 250 g/mol. The quantitative estimate of drug-likeness (QED) is 0.622.